The van der Waals surface area contributed by atoms with Gasteiger partial charge < -0.3 is 8.97 Å². The zero-order valence-corrected chi connectivity index (χ0v) is 19.1. The summed E-state index contributed by atoms with van der Waals surface area (Å²) in [4.78, 5) is 9.77. The first kappa shape index (κ1) is 20.5. The molecule has 0 bridgehead atoms. The van der Waals surface area contributed by atoms with Gasteiger partial charge in [-0.25, -0.2) is 18.4 Å². The minimum Gasteiger partial charge on any atom is -0.319 e. The van der Waals surface area contributed by atoms with Crippen molar-refractivity contribution in [3.8, 4) is 0 Å². The van der Waals surface area contributed by atoms with Crippen LogP contribution < -0.4 is 0 Å². The molecule has 0 saturated carbocycles. The van der Waals surface area contributed by atoms with Gasteiger partial charge in [-0.15, -0.1) is 0 Å². The lowest BCUT2D eigenvalue weighted by molar-refractivity contribution is 0.346. The van der Waals surface area contributed by atoms with Gasteiger partial charge in [0, 0.05) is 37.8 Å². The molecule has 31 heavy (non-hydrogen) atoms. The summed E-state index contributed by atoms with van der Waals surface area (Å²) in [6, 6.07) is 11.3. The third-order valence-electron chi connectivity index (χ3n) is 5.72. The van der Waals surface area contributed by atoms with Crippen molar-refractivity contribution < 1.29 is 8.42 Å². The van der Waals surface area contributed by atoms with Gasteiger partial charge in [0.25, 0.3) is 0 Å². The number of hydrogen-bond acceptors (Lipinski definition) is 5. The van der Waals surface area contributed by atoms with E-state index in [1.807, 2.05) is 41.1 Å². The number of benzene rings is 1. The van der Waals surface area contributed by atoms with E-state index in [-0.39, 0.29) is 0 Å². The Bertz CT molecular complexity index is 1300. The maximum Gasteiger partial charge on any atom is 0.243 e. The van der Waals surface area contributed by atoms with E-state index in [4.69, 9.17) is 4.98 Å². The van der Waals surface area contributed by atoms with Crippen LogP contribution in [-0.2, 0) is 22.3 Å². The van der Waals surface area contributed by atoms with Crippen LogP contribution in [0.1, 0.15) is 31.9 Å². The number of hydrogen-bond donors (Lipinski definition) is 0. The van der Waals surface area contributed by atoms with Gasteiger partial charge in [-0.2, -0.15) is 4.31 Å². The molecule has 1 aromatic carbocycles. The van der Waals surface area contributed by atoms with E-state index in [1.54, 1.807) is 28.2 Å². The van der Waals surface area contributed by atoms with Gasteiger partial charge in [0.2, 0.25) is 10.0 Å². The molecule has 0 N–H and O–H groups in total. The number of rotatable bonds is 6. The second-order valence-electron chi connectivity index (χ2n) is 7.74. The van der Waals surface area contributed by atoms with Crippen LogP contribution in [0.2, 0.25) is 0 Å². The molecule has 0 atom stereocenters. The fourth-order valence-corrected chi connectivity index (χ4v) is 6.61. The summed E-state index contributed by atoms with van der Waals surface area (Å²) in [6.45, 7) is 4.05. The third-order valence-corrected chi connectivity index (χ3v) is 8.62. The monoisotopic (exact) mass is 455 g/mol. The van der Waals surface area contributed by atoms with Crippen LogP contribution >= 0.6 is 11.8 Å². The quantitative estimate of drug-likeness (QED) is 0.408. The fraction of sp³-hybridized carbons (Fsp3) is 0.364. The van der Waals surface area contributed by atoms with Crippen molar-refractivity contribution in [1.29, 1.82) is 0 Å². The number of pyridine rings is 1. The number of fused-ring (bicyclic) bond motifs is 2. The first-order valence-electron chi connectivity index (χ1n) is 10.6. The highest BCUT2D eigenvalue weighted by atomic mass is 32.2. The molecule has 1 aliphatic rings. The first-order chi connectivity index (χ1) is 15.1. The van der Waals surface area contributed by atoms with Crippen molar-refractivity contribution in [2.45, 2.75) is 48.5 Å². The second kappa shape index (κ2) is 8.29. The molecule has 7 nitrogen and oxygen atoms in total. The molecule has 1 saturated heterocycles. The summed E-state index contributed by atoms with van der Waals surface area (Å²) in [5, 5.41) is 0.877. The van der Waals surface area contributed by atoms with E-state index < -0.39 is 10.0 Å². The predicted octanol–water partition coefficient (Wildman–Crippen LogP) is 4.17. The number of piperidine rings is 1. The van der Waals surface area contributed by atoms with Crippen molar-refractivity contribution in [1.82, 2.24) is 23.2 Å². The maximum atomic E-state index is 13.1. The smallest absolute Gasteiger partial charge is 0.243 e. The topological polar surface area (TPSA) is 72.5 Å². The highest BCUT2D eigenvalue weighted by Gasteiger charge is 2.26. The Morgan fingerprint density at radius 2 is 1.90 bits per heavy atom. The number of imidazole rings is 2. The Hall–Kier alpha value is -2.36. The van der Waals surface area contributed by atoms with E-state index in [2.05, 4.69) is 16.5 Å². The van der Waals surface area contributed by atoms with Crippen LogP contribution in [0.3, 0.4) is 0 Å². The summed E-state index contributed by atoms with van der Waals surface area (Å²) >= 11 is 1.62. The Kier molecular flexibility index (Phi) is 5.49. The van der Waals surface area contributed by atoms with Crippen molar-refractivity contribution in [3.05, 3.63) is 54.5 Å². The molecule has 4 heterocycles. The lowest BCUT2D eigenvalue weighted by Gasteiger charge is -2.25. The van der Waals surface area contributed by atoms with Gasteiger partial charge in [0.1, 0.15) is 5.65 Å². The fourth-order valence-electron chi connectivity index (χ4n) is 4.11. The van der Waals surface area contributed by atoms with Crippen LogP contribution in [-0.4, -0.2) is 44.7 Å². The Labute approximate surface area is 186 Å². The second-order valence-corrected chi connectivity index (χ2v) is 10.6. The zero-order valence-electron chi connectivity index (χ0n) is 17.4. The van der Waals surface area contributed by atoms with Crippen LogP contribution in [0.25, 0.3) is 16.7 Å². The van der Waals surface area contributed by atoms with E-state index >= 15 is 0 Å². The molecule has 5 rings (SSSR count). The third kappa shape index (κ3) is 3.86. The summed E-state index contributed by atoms with van der Waals surface area (Å²) in [6.07, 6.45) is 6.97. The molecular formula is C22H25N5O2S2. The highest BCUT2D eigenvalue weighted by Crippen LogP contribution is 2.29. The molecule has 0 radical (unpaired) electrons. The Morgan fingerprint density at radius 1 is 1.06 bits per heavy atom. The molecule has 0 unspecified atom stereocenters. The molecule has 0 aliphatic carbocycles. The van der Waals surface area contributed by atoms with E-state index in [1.165, 1.54) is 0 Å². The van der Waals surface area contributed by atoms with Crippen molar-refractivity contribution in [2.75, 3.05) is 13.1 Å². The minimum absolute atomic E-state index is 0.333. The summed E-state index contributed by atoms with van der Waals surface area (Å²) < 4.78 is 31.9. The summed E-state index contributed by atoms with van der Waals surface area (Å²) in [5.74, 6) is 0.698. The average molecular weight is 456 g/mol. The molecule has 0 amide bonds. The van der Waals surface area contributed by atoms with Crippen molar-refractivity contribution >= 4 is 38.5 Å². The average Bonchev–Trinajstić information content (AvgIpc) is 3.38. The number of aryl methyl sites for hydroxylation is 1. The van der Waals surface area contributed by atoms with Gasteiger partial charge in [-0.1, -0.05) is 24.2 Å². The van der Waals surface area contributed by atoms with Gasteiger partial charge in [-0.3, -0.25) is 0 Å². The van der Waals surface area contributed by atoms with Crippen LogP contribution in [0.5, 0.6) is 0 Å². The zero-order chi connectivity index (χ0) is 21.4. The number of aromatic nitrogens is 4. The van der Waals surface area contributed by atoms with Gasteiger partial charge >= 0.3 is 0 Å². The maximum absolute atomic E-state index is 13.1. The SMILES string of the molecule is CCn1c(SCc2cn3ccccc3n2)nc2cc(S(=O)(=O)N3CCCCC3)ccc21. The molecule has 3 aromatic heterocycles. The Morgan fingerprint density at radius 3 is 2.68 bits per heavy atom. The van der Waals surface area contributed by atoms with E-state index in [0.717, 1.165) is 53.3 Å². The van der Waals surface area contributed by atoms with Crippen LogP contribution in [0.4, 0.5) is 0 Å². The molecule has 4 aromatic rings. The van der Waals surface area contributed by atoms with Crippen molar-refractivity contribution in [2.24, 2.45) is 0 Å². The van der Waals surface area contributed by atoms with Gasteiger partial charge in [0.05, 0.1) is 21.6 Å². The molecule has 0 spiro atoms. The highest BCUT2D eigenvalue weighted by molar-refractivity contribution is 7.98. The number of nitrogens with zero attached hydrogens (tertiary/aromatic N) is 5. The lowest BCUT2D eigenvalue weighted by atomic mass is 10.2. The standard InChI is InChI=1S/C22H25N5O2S2/c1-2-27-20-10-9-18(31(28,29)26-12-5-3-6-13-26)14-19(20)24-22(27)30-16-17-15-25-11-7-4-8-21(25)23-17/h4,7-11,14-15H,2-3,5-6,12-13,16H2,1H3. The summed E-state index contributed by atoms with van der Waals surface area (Å²) in [5.41, 5.74) is 3.59. The van der Waals surface area contributed by atoms with Gasteiger partial charge in [-0.05, 0) is 50.1 Å². The van der Waals surface area contributed by atoms with E-state index in [9.17, 15) is 8.42 Å². The molecule has 162 valence electrons. The van der Waals surface area contributed by atoms with Gasteiger partial charge in [0.15, 0.2) is 5.16 Å². The largest absolute Gasteiger partial charge is 0.319 e. The van der Waals surface area contributed by atoms with Crippen molar-refractivity contribution in [3.63, 3.8) is 0 Å². The molecule has 1 aliphatic heterocycles. The predicted molar refractivity (Wildman–Crippen MR) is 123 cm³/mol. The normalized spacial score (nSPS) is 15.8. The lowest BCUT2D eigenvalue weighted by Crippen LogP contribution is -2.35. The summed E-state index contributed by atoms with van der Waals surface area (Å²) in [7, 11) is -3.47. The molecule has 9 heteroatoms. The van der Waals surface area contributed by atoms with E-state index in [0.29, 0.717) is 23.7 Å². The molecule has 1 fully saturated rings. The number of sulfonamides is 1. The minimum atomic E-state index is -3.47. The van der Waals surface area contributed by atoms with Crippen LogP contribution in [0, 0.1) is 0 Å². The molecular weight excluding hydrogens is 430 g/mol. The van der Waals surface area contributed by atoms with Crippen LogP contribution in [0.15, 0.2) is 58.8 Å². The Balaban J connectivity index is 1.43. The first-order valence-corrected chi connectivity index (χ1v) is 13.0. The number of thioether (sulfide) groups is 1.